The SMILES string of the molecule is C[C@H](Cc1cccc(CC(=O)NCc2ccc(C(=O)NCc3ccc(CNC(=O)NCc4ccccc4)cc3)cc2)c1)NC[C@H](O)c1ccc(N)nc1. The van der Waals surface area contributed by atoms with Gasteiger partial charge in [0.05, 0.1) is 12.5 Å². The highest BCUT2D eigenvalue weighted by Gasteiger charge is 2.12. The van der Waals surface area contributed by atoms with Crippen LogP contribution in [0.25, 0.3) is 0 Å². The Labute approximate surface area is 310 Å². The van der Waals surface area contributed by atoms with Crippen molar-refractivity contribution in [2.24, 2.45) is 0 Å². The Kier molecular flexibility index (Phi) is 14.1. The number of rotatable bonds is 17. The van der Waals surface area contributed by atoms with Crippen LogP contribution in [-0.2, 0) is 43.8 Å². The molecule has 1 heterocycles. The molecule has 0 fully saturated rings. The van der Waals surface area contributed by atoms with E-state index in [1.807, 2.05) is 91.0 Å². The molecule has 1 aromatic heterocycles. The summed E-state index contributed by atoms with van der Waals surface area (Å²) in [5.41, 5.74) is 12.7. The minimum atomic E-state index is -0.688. The second-order valence-electron chi connectivity index (χ2n) is 13.0. The number of aromatic nitrogens is 1. The number of aliphatic hydroxyl groups is 1. The second-order valence-corrected chi connectivity index (χ2v) is 13.0. The molecule has 0 aliphatic carbocycles. The molecule has 5 rings (SSSR count). The third-order valence-electron chi connectivity index (χ3n) is 8.68. The molecule has 4 aromatic carbocycles. The van der Waals surface area contributed by atoms with Crippen molar-refractivity contribution in [2.75, 3.05) is 12.3 Å². The van der Waals surface area contributed by atoms with Gasteiger partial charge in [-0.25, -0.2) is 9.78 Å². The molecule has 0 bridgehead atoms. The summed E-state index contributed by atoms with van der Waals surface area (Å²) in [6.45, 7) is 4.01. The Balaban J connectivity index is 0.980. The monoisotopic (exact) mass is 713 g/mol. The first-order chi connectivity index (χ1) is 25.7. The third kappa shape index (κ3) is 12.9. The summed E-state index contributed by atoms with van der Waals surface area (Å²) < 4.78 is 0. The van der Waals surface area contributed by atoms with Gasteiger partial charge in [-0.05, 0) is 64.9 Å². The highest BCUT2D eigenvalue weighted by molar-refractivity contribution is 5.94. The number of carbonyl (C=O) groups is 3. The lowest BCUT2D eigenvalue weighted by Gasteiger charge is -2.18. The number of nitrogens with one attached hydrogen (secondary N) is 5. The number of hydrogen-bond donors (Lipinski definition) is 7. The summed E-state index contributed by atoms with van der Waals surface area (Å²) in [7, 11) is 0. The number of nitrogens with zero attached hydrogens (tertiary/aromatic N) is 1. The molecule has 0 aliphatic rings. The first kappa shape index (κ1) is 38.2. The molecule has 0 saturated carbocycles. The quantitative estimate of drug-likeness (QED) is 0.0732. The van der Waals surface area contributed by atoms with Gasteiger partial charge in [0.1, 0.15) is 5.82 Å². The van der Waals surface area contributed by atoms with Crippen LogP contribution in [0.5, 0.6) is 0 Å². The molecule has 0 unspecified atom stereocenters. The van der Waals surface area contributed by atoms with Crippen molar-refractivity contribution in [3.05, 3.63) is 166 Å². The van der Waals surface area contributed by atoms with Crippen molar-refractivity contribution in [3.63, 3.8) is 0 Å². The lowest BCUT2D eigenvalue weighted by molar-refractivity contribution is -0.120. The Bertz CT molecular complexity index is 1920. The van der Waals surface area contributed by atoms with E-state index in [1.54, 1.807) is 30.5 Å². The maximum absolute atomic E-state index is 12.8. The highest BCUT2D eigenvalue weighted by Crippen LogP contribution is 2.14. The Morgan fingerprint density at radius 2 is 1.23 bits per heavy atom. The Morgan fingerprint density at radius 3 is 1.87 bits per heavy atom. The number of amides is 4. The maximum atomic E-state index is 12.8. The maximum Gasteiger partial charge on any atom is 0.315 e. The van der Waals surface area contributed by atoms with Gasteiger partial charge < -0.3 is 37.4 Å². The van der Waals surface area contributed by atoms with E-state index < -0.39 is 6.10 Å². The molecule has 4 amide bonds. The molecule has 0 aliphatic heterocycles. The van der Waals surface area contributed by atoms with E-state index >= 15 is 0 Å². The van der Waals surface area contributed by atoms with Crippen LogP contribution in [0.1, 0.15) is 62.3 Å². The molecule has 8 N–H and O–H groups in total. The fourth-order valence-electron chi connectivity index (χ4n) is 5.64. The zero-order valence-corrected chi connectivity index (χ0v) is 29.8. The Morgan fingerprint density at radius 1 is 0.660 bits per heavy atom. The van der Waals surface area contributed by atoms with Gasteiger partial charge in [-0.15, -0.1) is 0 Å². The van der Waals surface area contributed by atoms with Gasteiger partial charge in [0.2, 0.25) is 5.91 Å². The minimum absolute atomic E-state index is 0.0940. The third-order valence-corrected chi connectivity index (χ3v) is 8.68. The van der Waals surface area contributed by atoms with Crippen LogP contribution >= 0.6 is 0 Å². The summed E-state index contributed by atoms with van der Waals surface area (Å²) >= 11 is 0. The van der Waals surface area contributed by atoms with Crippen molar-refractivity contribution in [1.29, 1.82) is 0 Å². The normalized spacial score (nSPS) is 12.0. The number of nitrogens with two attached hydrogens (primary N) is 1. The largest absolute Gasteiger partial charge is 0.387 e. The molecule has 2 atom stereocenters. The number of carbonyl (C=O) groups excluding carboxylic acids is 3. The van der Waals surface area contributed by atoms with Gasteiger partial charge in [0.25, 0.3) is 5.91 Å². The van der Waals surface area contributed by atoms with Gasteiger partial charge in [0, 0.05) is 56.1 Å². The van der Waals surface area contributed by atoms with Crippen molar-refractivity contribution in [2.45, 2.75) is 58.1 Å². The van der Waals surface area contributed by atoms with Crippen LogP contribution in [0.3, 0.4) is 0 Å². The van der Waals surface area contributed by atoms with E-state index in [4.69, 9.17) is 5.73 Å². The fraction of sp³-hybridized carbons (Fsp3) is 0.238. The lowest BCUT2D eigenvalue weighted by atomic mass is 10.0. The highest BCUT2D eigenvalue weighted by atomic mass is 16.3. The molecular weight excluding hydrogens is 667 g/mol. The van der Waals surface area contributed by atoms with E-state index in [1.165, 1.54) is 0 Å². The summed E-state index contributed by atoms with van der Waals surface area (Å²) in [4.78, 5) is 41.7. The number of aliphatic hydroxyl groups excluding tert-OH is 1. The number of hydrogen-bond acceptors (Lipinski definition) is 7. The number of nitrogen functional groups attached to an aromatic ring is 1. The van der Waals surface area contributed by atoms with Gasteiger partial charge in [-0.3, -0.25) is 9.59 Å². The molecular formula is C42H47N7O4. The number of anilines is 1. The summed E-state index contributed by atoms with van der Waals surface area (Å²) in [5.74, 6) is 0.127. The van der Waals surface area contributed by atoms with Gasteiger partial charge >= 0.3 is 6.03 Å². The predicted octanol–water partition coefficient (Wildman–Crippen LogP) is 4.71. The predicted molar refractivity (Wildman–Crippen MR) is 206 cm³/mol. The summed E-state index contributed by atoms with van der Waals surface area (Å²) in [6.07, 6.45) is 1.88. The van der Waals surface area contributed by atoms with Crippen molar-refractivity contribution < 1.29 is 19.5 Å². The smallest absolute Gasteiger partial charge is 0.315 e. The van der Waals surface area contributed by atoms with Crippen LogP contribution in [0, 0.1) is 0 Å². The summed E-state index contributed by atoms with van der Waals surface area (Å²) in [6, 6.07) is 35.9. The summed E-state index contributed by atoms with van der Waals surface area (Å²) in [5, 5.41) is 25.4. The van der Waals surface area contributed by atoms with E-state index in [9.17, 15) is 19.5 Å². The van der Waals surface area contributed by atoms with Crippen LogP contribution in [-0.4, -0.2) is 40.5 Å². The number of benzene rings is 4. The van der Waals surface area contributed by atoms with Gasteiger partial charge in [0.15, 0.2) is 0 Å². The van der Waals surface area contributed by atoms with Gasteiger partial charge in [-0.2, -0.15) is 0 Å². The Hall–Kier alpha value is -6.04. The van der Waals surface area contributed by atoms with E-state index in [0.29, 0.717) is 49.7 Å². The minimum Gasteiger partial charge on any atom is -0.387 e. The van der Waals surface area contributed by atoms with E-state index in [2.05, 4.69) is 38.5 Å². The number of urea groups is 1. The van der Waals surface area contributed by atoms with Gasteiger partial charge in [-0.1, -0.05) is 97.1 Å². The zero-order valence-electron chi connectivity index (χ0n) is 29.8. The first-order valence-electron chi connectivity index (χ1n) is 17.7. The molecule has 0 spiro atoms. The van der Waals surface area contributed by atoms with E-state index in [-0.39, 0.29) is 30.3 Å². The average Bonchev–Trinajstić information content (AvgIpc) is 3.18. The van der Waals surface area contributed by atoms with Crippen LogP contribution in [0.15, 0.2) is 121 Å². The standard InChI is InChI=1S/C42H47N7O4/c1-29(44-28-38(50)37-18-19-39(43)45-27-37)20-34-8-5-9-35(21-34)22-40(51)46-23-33-14-16-36(17-15-33)41(52)47-24-31-10-12-32(13-11-31)26-49-42(53)48-25-30-6-3-2-4-7-30/h2-19,21,27,29,38,44,50H,20,22-26,28H2,1H3,(H2,43,45)(H,46,51)(H,47,52)(H2,48,49,53)/t29-,38+/m1/s1. The molecule has 274 valence electrons. The molecule has 5 aromatic rings. The molecule has 0 radical (unpaired) electrons. The number of pyridine rings is 1. The molecule has 11 nitrogen and oxygen atoms in total. The molecule has 53 heavy (non-hydrogen) atoms. The van der Waals surface area contributed by atoms with Crippen LogP contribution in [0.4, 0.5) is 10.6 Å². The fourth-order valence-corrected chi connectivity index (χ4v) is 5.64. The topological polar surface area (TPSA) is 170 Å². The van der Waals surface area contributed by atoms with Crippen molar-refractivity contribution in [1.82, 2.24) is 31.6 Å². The van der Waals surface area contributed by atoms with Crippen molar-refractivity contribution in [3.8, 4) is 0 Å². The molecule has 0 saturated heterocycles. The molecule has 11 heteroatoms. The van der Waals surface area contributed by atoms with Crippen molar-refractivity contribution >= 4 is 23.7 Å². The lowest BCUT2D eigenvalue weighted by Crippen LogP contribution is -2.34. The first-order valence-corrected chi connectivity index (χ1v) is 17.7. The second kappa shape index (κ2) is 19.5. The van der Waals surface area contributed by atoms with Crippen LogP contribution < -0.4 is 32.3 Å². The average molecular weight is 714 g/mol. The van der Waals surface area contributed by atoms with Crippen LogP contribution in [0.2, 0.25) is 0 Å². The van der Waals surface area contributed by atoms with E-state index in [0.717, 1.165) is 39.8 Å². The zero-order chi connectivity index (χ0) is 37.4.